The topological polar surface area (TPSA) is 32.3 Å². The highest BCUT2D eigenvalue weighted by Crippen LogP contribution is 2.28. The summed E-state index contributed by atoms with van der Waals surface area (Å²) in [7, 11) is -0.920. The van der Waals surface area contributed by atoms with Crippen LogP contribution in [0.15, 0.2) is 24.3 Å². The molecule has 13 heavy (non-hydrogen) atoms. The summed E-state index contributed by atoms with van der Waals surface area (Å²) in [5.41, 5.74) is 2.11. The minimum atomic E-state index is -0.920. The van der Waals surface area contributed by atoms with Crippen molar-refractivity contribution in [1.82, 2.24) is 0 Å². The van der Waals surface area contributed by atoms with Crippen molar-refractivity contribution in [3.05, 3.63) is 24.3 Å². The molecule has 1 unspecified atom stereocenters. The number of nitrogens with one attached hydrogen (secondary N) is 1. The van der Waals surface area contributed by atoms with Crippen LogP contribution in [0.2, 0.25) is 0 Å². The highest BCUT2D eigenvalue weighted by atomic mass is 32.2. The zero-order valence-corrected chi connectivity index (χ0v) is 8.30. The van der Waals surface area contributed by atoms with Gasteiger partial charge in [0.1, 0.15) is 11.0 Å². The van der Waals surface area contributed by atoms with Crippen LogP contribution in [-0.2, 0) is 11.0 Å². The third kappa shape index (κ3) is 1.54. The van der Waals surface area contributed by atoms with Crippen molar-refractivity contribution in [2.75, 3.05) is 29.0 Å². The quantitative estimate of drug-likeness (QED) is 0.732. The molecule has 0 fully saturated rings. The molecule has 4 heteroatoms. The molecule has 0 saturated heterocycles. The van der Waals surface area contributed by atoms with E-state index in [9.17, 15) is 4.21 Å². The minimum Gasteiger partial charge on any atom is -0.382 e. The van der Waals surface area contributed by atoms with Crippen molar-refractivity contribution in [1.29, 1.82) is 0 Å². The maximum atomic E-state index is 11.4. The van der Waals surface area contributed by atoms with Crippen LogP contribution < -0.4 is 9.62 Å². The molecule has 1 heterocycles. The summed E-state index contributed by atoms with van der Waals surface area (Å²) in [6.45, 7) is 1.66. The van der Waals surface area contributed by atoms with Crippen molar-refractivity contribution in [2.45, 2.75) is 0 Å². The van der Waals surface area contributed by atoms with E-state index < -0.39 is 11.0 Å². The van der Waals surface area contributed by atoms with Crippen molar-refractivity contribution in [3.63, 3.8) is 0 Å². The van der Waals surface area contributed by atoms with Crippen molar-refractivity contribution < 1.29 is 4.21 Å². The van der Waals surface area contributed by atoms with Crippen LogP contribution in [0.1, 0.15) is 0 Å². The first-order valence-electron chi connectivity index (χ1n) is 4.23. The van der Waals surface area contributed by atoms with Gasteiger partial charge < -0.3 is 5.32 Å². The molecular formula is C9H12N2OS. The summed E-state index contributed by atoms with van der Waals surface area (Å²) in [5.74, 6) is 0. The predicted molar refractivity (Wildman–Crippen MR) is 56.3 cm³/mol. The normalized spacial score (nSPS) is 17.5. The summed E-state index contributed by atoms with van der Waals surface area (Å²) in [6, 6.07) is 7.94. The Labute approximate surface area is 80.3 Å². The molecule has 0 saturated carbocycles. The fourth-order valence-electron chi connectivity index (χ4n) is 1.52. The molecule has 0 bridgehead atoms. The molecule has 1 aromatic carbocycles. The fourth-order valence-corrected chi connectivity index (χ4v) is 2.30. The second-order valence-electron chi connectivity index (χ2n) is 2.97. The molecule has 0 amide bonds. The van der Waals surface area contributed by atoms with Gasteiger partial charge in [0.05, 0.1) is 11.4 Å². The summed E-state index contributed by atoms with van der Waals surface area (Å²) < 4.78 is 13.3. The molecule has 70 valence electrons. The maximum Gasteiger partial charge on any atom is 0.116 e. The SMILES string of the molecule is CS(=O)N1CCNc2ccccc21. The molecule has 1 aliphatic rings. The fraction of sp³-hybridized carbons (Fsp3) is 0.333. The van der Waals surface area contributed by atoms with Crippen LogP contribution >= 0.6 is 0 Å². The van der Waals surface area contributed by atoms with Crippen molar-refractivity contribution in [3.8, 4) is 0 Å². The Morgan fingerprint density at radius 2 is 2.23 bits per heavy atom. The van der Waals surface area contributed by atoms with E-state index in [2.05, 4.69) is 5.32 Å². The lowest BCUT2D eigenvalue weighted by Crippen LogP contribution is -2.34. The Morgan fingerprint density at radius 1 is 1.46 bits per heavy atom. The van der Waals surface area contributed by atoms with E-state index >= 15 is 0 Å². The predicted octanol–water partition coefficient (Wildman–Crippen LogP) is 1.21. The Bertz CT molecular complexity index is 340. The van der Waals surface area contributed by atoms with E-state index in [1.165, 1.54) is 0 Å². The van der Waals surface area contributed by atoms with Gasteiger partial charge in [-0.2, -0.15) is 0 Å². The Hall–Kier alpha value is -1.03. The number of rotatable bonds is 1. The van der Waals surface area contributed by atoms with Crippen LogP contribution in [0, 0.1) is 0 Å². The number of hydrogen-bond donors (Lipinski definition) is 1. The first kappa shape index (κ1) is 8.56. The lowest BCUT2D eigenvalue weighted by Gasteiger charge is -2.29. The lowest BCUT2D eigenvalue weighted by molar-refractivity contribution is 0.682. The Morgan fingerprint density at radius 3 is 3.00 bits per heavy atom. The van der Waals surface area contributed by atoms with Crippen LogP contribution in [0.3, 0.4) is 0 Å². The summed E-state index contributed by atoms with van der Waals surface area (Å²) in [5, 5.41) is 3.27. The van der Waals surface area contributed by atoms with Gasteiger partial charge in [0, 0.05) is 19.3 Å². The van der Waals surface area contributed by atoms with Gasteiger partial charge in [-0.3, -0.25) is 4.31 Å². The molecule has 2 rings (SSSR count). The largest absolute Gasteiger partial charge is 0.382 e. The van der Waals surface area contributed by atoms with Gasteiger partial charge in [0.2, 0.25) is 0 Å². The van der Waals surface area contributed by atoms with E-state index in [0.29, 0.717) is 0 Å². The third-order valence-corrected chi connectivity index (χ3v) is 3.11. The van der Waals surface area contributed by atoms with E-state index in [0.717, 1.165) is 24.5 Å². The molecule has 0 aliphatic carbocycles. The molecule has 1 N–H and O–H groups in total. The number of fused-ring (bicyclic) bond motifs is 1. The smallest absolute Gasteiger partial charge is 0.116 e. The van der Waals surface area contributed by atoms with Crippen LogP contribution in [0.4, 0.5) is 11.4 Å². The maximum absolute atomic E-state index is 11.4. The van der Waals surface area contributed by atoms with Gasteiger partial charge in [-0.05, 0) is 12.1 Å². The van der Waals surface area contributed by atoms with Crippen LogP contribution in [0.5, 0.6) is 0 Å². The molecule has 0 spiro atoms. The van der Waals surface area contributed by atoms with Crippen molar-refractivity contribution in [2.24, 2.45) is 0 Å². The molecule has 3 nitrogen and oxygen atoms in total. The standard InChI is InChI=1S/C9H12N2OS/c1-13(12)11-7-6-10-8-4-2-3-5-9(8)11/h2-5,10H,6-7H2,1H3. The van der Waals surface area contributed by atoms with Gasteiger partial charge in [-0.25, -0.2) is 4.21 Å². The van der Waals surface area contributed by atoms with E-state index in [1.807, 2.05) is 28.6 Å². The third-order valence-electron chi connectivity index (χ3n) is 2.11. The summed E-state index contributed by atoms with van der Waals surface area (Å²) in [6.07, 6.45) is 1.71. The monoisotopic (exact) mass is 196 g/mol. The molecule has 1 aromatic rings. The zero-order chi connectivity index (χ0) is 9.26. The van der Waals surface area contributed by atoms with Crippen LogP contribution in [0.25, 0.3) is 0 Å². The Kier molecular flexibility index (Phi) is 2.22. The second-order valence-corrected chi connectivity index (χ2v) is 4.26. The molecule has 0 aromatic heterocycles. The van der Waals surface area contributed by atoms with E-state index in [-0.39, 0.29) is 0 Å². The summed E-state index contributed by atoms with van der Waals surface area (Å²) in [4.78, 5) is 0. The number of hydrogen-bond acceptors (Lipinski definition) is 2. The van der Waals surface area contributed by atoms with E-state index in [1.54, 1.807) is 6.26 Å². The van der Waals surface area contributed by atoms with Crippen molar-refractivity contribution >= 4 is 22.4 Å². The first-order valence-corrected chi connectivity index (χ1v) is 5.74. The second kappa shape index (κ2) is 3.38. The zero-order valence-electron chi connectivity index (χ0n) is 7.49. The van der Waals surface area contributed by atoms with Gasteiger partial charge in [-0.15, -0.1) is 0 Å². The average molecular weight is 196 g/mol. The molecule has 1 aliphatic heterocycles. The lowest BCUT2D eigenvalue weighted by atomic mass is 10.2. The van der Waals surface area contributed by atoms with Gasteiger partial charge in [0.15, 0.2) is 0 Å². The van der Waals surface area contributed by atoms with Crippen LogP contribution in [-0.4, -0.2) is 23.6 Å². The number of nitrogens with zero attached hydrogens (tertiary/aromatic N) is 1. The molecule has 1 atom stereocenters. The van der Waals surface area contributed by atoms with Gasteiger partial charge in [-0.1, -0.05) is 12.1 Å². The molecular weight excluding hydrogens is 184 g/mol. The number of anilines is 2. The number of para-hydroxylation sites is 2. The number of benzene rings is 1. The Balaban J connectivity index is 2.42. The molecule has 0 radical (unpaired) electrons. The summed E-state index contributed by atoms with van der Waals surface area (Å²) >= 11 is 0. The first-order chi connectivity index (χ1) is 6.29. The highest BCUT2D eigenvalue weighted by Gasteiger charge is 2.17. The van der Waals surface area contributed by atoms with Gasteiger partial charge in [0.25, 0.3) is 0 Å². The van der Waals surface area contributed by atoms with E-state index in [4.69, 9.17) is 0 Å². The minimum absolute atomic E-state index is 0.806. The average Bonchev–Trinajstić information content (AvgIpc) is 2.17. The van der Waals surface area contributed by atoms with Gasteiger partial charge >= 0.3 is 0 Å². The highest BCUT2D eigenvalue weighted by molar-refractivity contribution is 7.85.